The molecule has 0 aromatic carbocycles. The number of hydrogen-bond donors (Lipinski definition) is 0. The Morgan fingerprint density at radius 3 is 2.15 bits per heavy atom. The highest BCUT2D eigenvalue weighted by Gasteiger charge is 2.40. The first-order valence-electron chi connectivity index (χ1n) is 10.2. The summed E-state index contributed by atoms with van der Waals surface area (Å²) < 4.78 is 4.61. The van der Waals surface area contributed by atoms with Gasteiger partial charge in [0, 0.05) is 6.42 Å². The average Bonchev–Trinajstić information content (AvgIpc) is 2.96. The van der Waals surface area contributed by atoms with E-state index in [0.29, 0.717) is 6.42 Å². The molecule has 1 heterocycles. The Kier molecular flexibility index (Phi) is 12.4. The quantitative estimate of drug-likeness (QED) is 0.176. The van der Waals surface area contributed by atoms with Gasteiger partial charge in [-0.15, -0.1) is 0 Å². The molecule has 0 bridgehead atoms. The van der Waals surface area contributed by atoms with E-state index >= 15 is 0 Å². The highest BCUT2D eigenvalue weighted by atomic mass is 16.5. The van der Waals surface area contributed by atoms with Crippen LogP contribution in [0.2, 0.25) is 0 Å². The molecule has 1 atom stereocenters. The minimum atomic E-state index is -1.14. The molecule has 0 aromatic rings. The zero-order chi connectivity index (χ0) is 19.0. The van der Waals surface area contributed by atoms with Gasteiger partial charge in [0.1, 0.15) is 0 Å². The summed E-state index contributed by atoms with van der Waals surface area (Å²) in [6.07, 6.45) is 21.6. The molecule has 4 nitrogen and oxygen atoms in total. The van der Waals surface area contributed by atoms with Crippen molar-refractivity contribution in [1.29, 1.82) is 0 Å². The first-order valence-corrected chi connectivity index (χ1v) is 10.2. The predicted molar refractivity (Wildman–Crippen MR) is 104 cm³/mol. The summed E-state index contributed by atoms with van der Waals surface area (Å²) in [6.45, 7) is 1.99. The van der Waals surface area contributed by atoms with Gasteiger partial charge in [-0.3, -0.25) is 14.4 Å². The summed E-state index contributed by atoms with van der Waals surface area (Å²) >= 11 is 0. The first-order chi connectivity index (χ1) is 12.7. The third-order valence-electron chi connectivity index (χ3n) is 4.61. The first kappa shape index (κ1) is 22.3. The molecule has 1 aliphatic rings. The van der Waals surface area contributed by atoms with Crippen molar-refractivity contribution in [2.24, 2.45) is 5.92 Å². The van der Waals surface area contributed by atoms with Crippen molar-refractivity contribution < 1.29 is 19.1 Å². The van der Waals surface area contributed by atoms with Crippen molar-refractivity contribution in [3.05, 3.63) is 24.3 Å². The fraction of sp³-hybridized carbons (Fsp3) is 0.682. The van der Waals surface area contributed by atoms with Crippen molar-refractivity contribution in [1.82, 2.24) is 0 Å². The standard InChI is InChI=1S/C22H34O4/c1-2-3-4-5-6-7-8-9-10-11-12-13-14-15-16-17-19(23)21-20(24)18-26-22(21)25/h6-7,9-10,21H,2-5,8,11-18H2,1H3. The molecule has 0 aliphatic carbocycles. The smallest absolute Gasteiger partial charge is 0.324 e. The second-order valence-corrected chi connectivity index (χ2v) is 6.95. The zero-order valence-electron chi connectivity index (χ0n) is 16.2. The lowest BCUT2D eigenvalue weighted by Crippen LogP contribution is -2.25. The predicted octanol–water partition coefficient (Wildman–Crippen LogP) is 5.11. The third-order valence-corrected chi connectivity index (χ3v) is 4.61. The summed E-state index contributed by atoms with van der Waals surface area (Å²) in [4.78, 5) is 34.6. The number of esters is 1. The maximum absolute atomic E-state index is 11.9. The summed E-state index contributed by atoms with van der Waals surface area (Å²) in [6, 6.07) is 0. The van der Waals surface area contributed by atoms with Crippen LogP contribution in [0.1, 0.15) is 84.0 Å². The van der Waals surface area contributed by atoms with Crippen molar-refractivity contribution >= 4 is 17.5 Å². The summed E-state index contributed by atoms with van der Waals surface area (Å²) in [7, 11) is 0. The monoisotopic (exact) mass is 362 g/mol. The van der Waals surface area contributed by atoms with Gasteiger partial charge in [-0.2, -0.15) is 0 Å². The van der Waals surface area contributed by atoms with Gasteiger partial charge in [0.2, 0.25) is 0 Å². The molecule has 1 unspecified atom stereocenters. The van der Waals surface area contributed by atoms with Crippen LogP contribution < -0.4 is 0 Å². The molecular formula is C22H34O4. The molecule has 0 saturated carbocycles. The van der Waals surface area contributed by atoms with Crippen LogP contribution >= 0.6 is 0 Å². The van der Waals surface area contributed by atoms with Gasteiger partial charge in [-0.05, 0) is 38.5 Å². The Morgan fingerprint density at radius 1 is 0.923 bits per heavy atom. The number of allylic oxidation sites excluding steroid dienone is 4. The molecule has 146 valence electrons. The van der Waals surface area contributed by atoms with E-state index in [-0.39, 0.29) is 18.2 Å². The molecule has 1 fully saturated rings. The third kappa shape index (κ3) is 9.69. The molecule has 0 N–H and O–H groups in total. The molecule has 1 rings (SSSR count). The van der Waals surface area contributed by atoms with Crippen molar-refractivity contribution in [2.75, 3.05) is 6.61 Å². The highest BCUT2D eigenvalue weighted by Crippen LogP contribution is 2.16. The van der Waals surface area contributed by atoms with Gasteiger partial charge in [0.05, 0.1) is 0 Å². The normalized spacial score (nSPS) is 17.5. The molecule has 0 amide bonds. The maximum atomic E-state index is 11.9. The minimum absolute atomic E-state index is 0.239. The molecule has 0 radical (unpaired) electrons. The van der Waals surface area contributed by atoms with Gasteiger partial charge in [0.15, 0.2) is 24.1 Å². The second-order valence-electron chi connectivity index (χ2n) is 6.95. The number of cyclic esters (lactones) is 1. The Balaban J connectivity index is 1.91. The number of hydrogen-bond acceptors (Lipinski definition) is 4. The van der Waals surface area contributed by atoms with Crippen LogP contribution in [0, 0.1) is 5.92 Å². The second kappa shape index (κ2) is 14.5. The molecule has 0 spiro atoms. The molecule has 0 aromatic heterocycles. The highest BCUT2D eigenvalue weighted by molar-refractivity contribution is 6.20. The molecule has 4 heteroatoms. The SMILES string of the molecule is CCCCCC=CCC=CCCCCCCCC(=O)C1C(=O)COC1=O. The van der Waals surface area contributed by atoms with E-state index in [1.807, 2.05) is 0 Å². The van der Waals surface area contributed by atoms with Gasteiger partial charge in [-0.25, -0.2) is 0 Å². The largest absolute Gasteiger partial charge is 0.457 e. The molecular weight excluding hydrogens is 328 g/mol. The van der Waals surface area contributed by atoms with Crippen molar-refractivity contribution in [3.63, 3.8) is 0 Å². The van der Waals surface area contributed by atoms with Gasteiger partial charge in [-0.1, -0.05) is 63.3 Å². The topological polar surface area (TPSA) is 60.4 Å². The van der Waals surface area contributed by atoms with E-state index in [1.165, 1.54) is 25.7 Å². The molecule has 26 heavy (non-hydrogen) atoms. The number of carbonyl (C=O) groups excluding carboxylic acids is 3. The summed E-state index contributed by atoms with van der Waals surface area (Å²) in [5.41, 5.74) is 0. The van der Waals surface area contributed by atoms with E-state index < -0.39 is 11.9 Å². The van der Waals surface area contributed by atoms with Crippen LogP contribution in [0.3, 0.4) is 0 Å². The Bertz CT molecular complexity index is 474. The van der Waals surface area contributed by atoms with E-state index in [9.17, 15) is 14.4 Å². The average molecular weight is 363 g/mol. The van der Waals surface area contributed by atoms with Crippen LogP contribution in [0.5, 0.6) is 0 Å². The number of rotatable bonds is 15. The number of unbranched alkanes of at least 4 members (excludes halogenated alkanes) is 8. The number of Topliss-reactive ketones (excluding diaryl/α,β-unsaturated/α-hetero) is 2. The minimum Gasteiger partial charge on any atom is -0.457 e. The Morgan fingerprint density at radius 2 is 1.54 bits per heavy atom. The van der Waals surface area contributed by atoms with Crippen LogP contribution in [0.15, 0.2) is 24.3 Å². The van der Waals surface area contributed by atoms with Crippen LogP contribution in [-0.4, -0.2) is 24.1 Å². The maximum Gasteiger partial charge on any atom is 0.324 e. The van der Waals surface area contributed by atoms with Crippen LogP contribution in [0.25, 0.3) is 0 Å². The van der Waals surface area contributed by atoms with Gasteiger partial charge >= 0.3 is 5.97 Å². The van der Waals surface area contributed by atoms with Crippen molar-refractivity contribution in [3.8, 4) is 0 Å². The number of ether oxygens (including phenoxy) is 1. The lowest BCUT2D eigenvalue weighted by atomic mass is 9.96. The Hall–Kier alpha value is -1.71. The van der Waals surface area contributed by atoms with E-state index in [2.05, 4.69) is 36.0 Å². The lowest BCUT2D eigenvalue weighted by molar-refractivity contribution is -0.144. The van der Waals surface area contributed by atoms with E-state index in [0.717, 1.165) is 44.9 Å². The Labute approximate surface area is 158 Å². The number of carbonyl (C=O) groups is 3. The van der Waals surface area contributed by atoms with Gasteiger partial charge in [0.25, 0.3) is 0 Å². The van der Waals surface area contributed by atoms with Gasteiger partial charge < -0.3 is 4.74 Å². The van der Waals surface area contributed by atoms with E-state index in [1.54, 1.807) is 0 Å². The molecule has 1 saturated heterocycles. The fourth-order valence-corrected chi connectivity index (χ4v) is 3.01. The summed E-state index contributed by atoms with van der Waals surface area (Å²) in [5.74, 6) is -2.46. The molecule has 1 aliphatic heterocycles. The lowest BCUT2D eigenvalue weighted by Gasteiger charge is -2.03. The van der Waals surface area contributed by atoms with E-state index in [4.69, 9.17) is 0 Å². The van der Waals surface area contributed by atoms with Crippen LogP contribution in [-0.2, 0) is 19.1 Å². The van der Waals surface area contributed by atoms with Crippen molar-refractivity contribution in [2.45, 2.75) is 84.0 Å². The van der Waals surface area contributed by atoms with Crippen LogP contribution in [0.4, 0.5) is 0 Å². The summed E-state index contributed by atoms with van der Waals surface area (Å²) in [5, 5.41) is 0. The zero-order valence-corrected chi connectivity index (χ0v) is 16.2. The fourth-order valence-electron chi connectivity index (χ4n) is 3.01. The number of ketones is 2.